The minimum Gasteiger partial charge on any atom is -0.456 e. The number of carbonyl (C=O) groups is 2. The SMILES string of the molecule is CCCCCCCCCCc1cc(C(=O)OC(C)(C)C)c(NC(=O)OC(C)CCCCCC)s1. The van der Waals surface area contributed by atoms with Gasteiger partial charge >= 0.3 is 12.1 Å². The van der Waals surface area contributed by atoms with Gasteiger partial charge in [-0.05, 0) is 59.4 Å². The topological polar surface area (TPSA) is 64.6 Å². The molecule has 0 aliphatic carbocycles. The zero-order valence-electron chi connectivity index (χ0n) is 22.6. The Balaban J connectivity index is 2.66. The van der Waals surface area contributed by atoms with Gasteiger partial charge in [0, 0.05) is 4.88 Å². The van der Waals surface area contributed by atoms with Crippen LogP contribution in [0.15, 0.2) is 6.07 Å². The summed E-state index contributed by atoms with van der Waals surface area (Å²) in [5.41, 5.74) is -0.177. The number of esters is 1. The van der Waals surface area contributed by atoms with Crippen LogP contribution in [0, 0.1) is 0 Å². The average molecular weight is 496 g/mol. The highest BCUT2D eigenvalue weighted by atomic mass is 32.1. The van der Waals surface area contributed by atoms with Crippen molar-refractivity contribution in [1.82, 2.24) is 0 Å². The zero-order valence-corrected chi connectivity index (χ0v) is 23.4. The van der Waals surface area contributed by atoms with E-state index in [1.165, 1.54) is 69.1 Å². The molecule has 1 unspecified atom stereocenters. The number of carbonyl (C=O) groups excluding carboxylic acids is 2. The van der Waals surface area contributed by atoms with Crippen molar-refractivity contribution < 1.29 is 19.1 Å². The van der Waals surface area contributed by atoms with Crippen molar-refractivity contribution in [3.8, 4) is 0 Å². The molecular weight excluding hydrogens is 446 g/mol. The lowest BCUT2D eigenvalue weighted by Crippen LogP contribution is -2.25. The van der Waals surface area contributed by atoms with Gasteiger partial charge in [-0.25, -0.2) is 9.59 Å². The maximum absolute atomic E-state index is 12.8. The van der Waals surface area contributed by atoms with Crippen LogP contribution >= 0.6 is 11.3 Å². The van der Waals surface area contributed by atoms with Crippen molar-refractivity contribution in [1.29, 1.82) is 0 Å². The summed E-state index contributed by atoms with van der Waals surface area (Å²) in [6.07, 6.45) is 15.8. The molecule has 0 bridgehead atoms. The van der Waals surface area contributed by atoms with Crippen molar-refractivity contribution in [2.75, 3.05) is 5.32 Å². The number of nitrogens with one attached hydrogen (secondary N) is 1. The fourth-order valence-electron chi connectivity index (χ4n) is 3.80. The first-order valence-electron chi connectivity index (χ1n) is 13.5. The number of thiophene rings is 1. The number of aryl methyl sites for hydroxylation is 1. The van der Waals surface area contributed by atoms with E-state index in [0.717, 1.165) is 37.0 Å². The summed E-state index contributed by atoms with van der Waals surface area (Å²) < 4.78 is 11.1. The number of unbranched alkanes of at least 4 members (excludes halogenated alkanes) is 10. The summed E-state index contributed by atoms with van der Waals surface area (Å²) in [5, 5.41) is 3.34. The van der Waals surface area contributed by atoms with Crippen molar-refractivity contribution in [2.24, 2.45) is 0 Å². The molecule has 1 aromatic rings. The minimum atomic E-state index is -0.595. The molecule has 34 heavy (non-hydrogen) atoms. The maximum Gasteiger partial charge on any atom is 0.412 e. The fourth-order valence-corrected chi connectivity index (χ4v) is 4.87. The van der Waals surface area contributed by atoms with Gasteiger partial charge in [0.25, 0.3) is 0 Å². The molecular formula is C28H49NO4S. The molecule has 1 N–H and O–H groups in total. The van der Waals surface area contributed by atoms with E-state index in [9.17, 15) is 9.59 Å². The Morgan fingerprint density at radius 2 is 1.47 bits per heavy atom. The van der Waals surface area contributed by atoms with Crippen LogP contribution in [0.5, 0.6) is 0 Å². The quantitative estimate of drug-likeness (QED) is 0.173. The lowest BCUT2D eigenvalue weighted by molar-refractivity contribution is 0.00712. The molecule has 0 saturated heterocycles. The molecule has 1 atom stereocenters. The van der Waals surface area contributed by atoms with E-state index in [0.29, 0.717) is 10.6 Å². The van der Waals surface area contributed by atoms with Crippen molar-refractivity contribution in [2.45, 2.75) is 143 Å². The number of amides is 1. The molecule has 1 rings (SSSR count). The van der Waals surface area contributed by atoms with E-state index in [2.05, 4.69) is 19.2 Å². The second-order valence-corrected chi connectivity index (χ2v) is 11.5. The normalized spacial score (nSPS) is 12.4. The summed E-state index contributed by atoms with van der Waals surface area (Å²) in [5.74, 6) is -0.408. The average Bonchev–Trinajstić information content (AvgIpc) is 3.14. The van der Waals surface area contributed by atoms with Crippen LogP contribution in [0.2, 0.25) is 0 Å². The first kappa shape index (κ1) is 30.5. The van der Waals surface area contributed by atoms with Crippen LogP contribution in [0.1, 0.15) is 140 Å². The van der Waals surface area contributed by atoms with Gasteiger partial charge in [0.15, 0.2) is 0 Å². The van der Waals surface area contributed by atoms with Gasteiger partial charge in [-0.2, -0.15) is 0 Å². The van der Waals surface area contributed by atoms with E-state index < -0.39 is 17.7 Å². The second-order valence-electron chi connectivity index (χ2n) is 10.4. The van der Waals surface area contributed by atoms with Crippen LogP contribution in [0.25, 0.3) is 0 Å². The van der Waals surface area contributed by atoms with Crippen molar-refractivity contribution >= 4 is 28.4 Å². The van der Waals surface area contributed by atoms with Gasteiger partial charge in [-0.1, -0.05) is 78.1 Å². The molecule has 1 amide bonds. The first-order valence-corrected chi connectivity index (χ1v) is 14.3. The summed E-state index contributed by atoms with van der Waals surface area (Å²) in [6, 6.07) is 1.88. The molecule has 1 heterocycles. The van der Waals surface area contributed by atoms with Crippen molar-refractivity contribution in [3.05, 3.63) is 16.5 Å². The van der Waals surface area contributed by atoms with E-state index in [1.54, 1.807) is 0 Å². The standard InChI is InChI=1S/C28H49NO4S/c1-7-9-11-13-14-15-16-18-20-23-21-24(26(30)33-28(4,5)6)25(34-23)29-27(31)32-22(3)19-17-12-10-8-2/h21-22H,7-20H2,1-6H3,(H,29,31). The molecule has 0 saturated carbocycles. The first-order chi connectivity index (χ1) is 16.2. The Morgan fingerprint density at radius 3 is 2.06 bits per heavy atom. The van der Waals surface area contributed by atoms with Gasteiger partial charge in [-0.3, -0.25) is 5.32 Å². The fraction of sp³-hybridized carbons (Fsp3) is 0.786. The Morgan fingerprint density at radius 1 is 0.912 bits per heavy atom. The van der Waals surface area contributed by atoms with Crippen LogP contribution < -0.4 is 5.32 Å². The summed E-state index contributed by atoms with van der Waals surface area (Å²) >= 11 is 1.46. The third kappa shape index (κ3) is 14.0. The van der Waals surface area contributed by atoms with Gasteiger partial charge in [0.1, 0.15) is 16.7 Å². The Kier molecular flexibility index (Phi) is 15.2. The third-order valence-electron chi connectivity index (χ3n) is 5.67. The lowest BCUT2D eigenvalue weighted by Gasteiger charge is -2.19. The number of hydrogen-bond donors (Lipinski definition) is 1. The number of rotatable bonds is 17. The van der Waals surface area contributed by atoms with Gasteiger partial charge in [0.05, 0.1) is 5.56 Å². The monoisotopic (exact) mass is 495 g/mol. The summed E-state index contributed by atoms with van der Waals surface area (Å²) in [4.78, 5) is 26.4. The van der Waals surface area contributed by atoms with Gasteiger partial charge in [0.2, 0.25) is 0 Å². The van der Waals surface area contributed by atoms with E-state index >= 15 is 0 Å². The van der Waals surface area contributed by atoms with Crippen LogP contribution in [0.4, 0.5) is 9.80 Å². The lowest BCUT2D eigenvalue weighted by atomic mass is 10.1. The molecule has 0 fully saturated rings. The summed E-state index contributed by atoms with van der Waals surface area (Å²) in [7, 11) is 0. The van der Waals surface area contributed by atoms with Gasteiger partial charge < -0.3 is 9.47 Å². The molecule has 6 heteroatoms. The van der Waals surface area contributed by atoms with Crippen molar-refractivity contribution in [3.63, 3.8) is 0 Å². The Bertz CT molecular complexity index is 708. The minimum absolute atomic E-state index is 0.154. The number of ether oxygens (including phenoxy) is 2. The second kappa shape index (κ2) is 17.0. The molecule has 1 aromatic heterocycles. The van der Waals surface area contributed by atoms with Crippen LogP contribution in [0.3, 0.4) is 0 Å². The van der Waals surface area contributed by atoms with Crippen LogP contribution in [-0.4, -0.2) is 23.8 Å². The molecule has 5 nitrogen and oxygen atoms in total. The predicted molar refractivity (Wildman–Crippen MR) is 144 cm³/mol. The predicted octanol–water partition coefficient (Wildman–Crippen LogP) is 9.29. The Hall–Kier alpha value is -1.56. The molecule has 0 aromatic carbocycles. The van der Waals surface area contributed by atoms with Crippen LogP contribution in [-0.2, 0) is 15.9 Å². The molecule has 0 aliphatic heterocycles. The summed E-state index contributed by atoms with van der Waals surface area (Å²) in [6.45, 7) is 11.9. The zero-order chi connectivity index (χ0) is 25.4. The van der Waals surface area contributed by atoms with E-state index in [1.807, 2.05) is 33.8 Å². The van der Waals surface area contributed by atoms with E-state index in [4.69, 9.17) is 9.47 Å². The Labute approximate surface area is 212 Å². The van der Waals surface area contributed by atoms with E-state index in [-0.39, 0.29) is 6.10 Å². The number of anilines is 1. The molecule has 0 radical (unpaired) electrons. The smallest absolute Gasteiger partial charge is 0.412 e. The highest BCUT2D eigenvalue weighted by molar-refractivity contribution is 7.16. The maximum atomic E-state index is 12.8. The molecule has 0 spiro atoms. The molecule has 196 valence electrons. The van der Waals surface area contributed by atoms with Gasteiger partial charge in [-0.15, -0.1) is 11.3 Å². The number of hydrogen-bond acceptors (Lipinski definition) is 5. The largest absolute Gasteiger partial charge is 0.456 e. The highest BCUT2D eigenvalue weighted by Gasteiger charge is 2.24. The third-order valence-corrected chi connectivity index (χ3v) is 6.78. The highest BCUT2D eigenvalue weighted by Crippen LogP contribution is 2.31. The molecule has 0 aliphatic rings.